The lowest BCUT2D eigenvalue weighted by atomic mass is 9.91. The first-order chi connectivity index (χ1) is 10.0. The molecular formula is C15H20N6. The number of imidazole rings is 1. The average Bonchev–Trinajstić information content (AvgIpc) is 2.87. The van der Waals surface area contributed by atoms with Gasteiger partial charge < -0.3 is 4.57 Å². The molecule has 0 fully saturated rings. The third-order valence-corrected chi connectivity index (χ3v) is 3.43. The zero-order valence-electron chi connectivity index (χ0n) is 12.7. The molecule has 0 aliphatic rings. The Morgan fingerprint density at radius 3 is 2.52 bits per heavy atom. The van der Waals surface area contributed by atoms with Gasteiger partial charge in [0.1, 0.15) is 17.7 Å². The van der Waals surface area contributed by atoms with Crippen LogP contribution in [0.1, 0.15) is 51.4 Å². The lowest BCUT2D eigenvalue weighted by molar-refractivity contribution is 0.329. The van der Waals surface area contributed by atoms with E-state index in [0.29, 0.717) is 13.0 Å². The van der Waals surface area contributed by atoms with Gasteiger partial charge in [0, 0.05) is 12.6 Å². The van der Waals surface area contributed by atoms with Crippen LogP contribution < -0.4 is 5.32 Å². The van der Waals surface area contributed by atoms with Crippen molar-refractivity contribution in [3.8, 4) is 18.2 Å². The molecule has 1 rings (SSSR count). The van der Waals surface area contributed by atoms with E-state index in [1.165, 1.54) is 6.33 Å². The number of rotatable bonds is 7. The van der Waals surface area contributed by atoms with Crippen molar-refractivity contribution in [1.29, 1.82) is 15.8 Å². The monoisotopic (exact) mass is 284 g/mol. The van der Waals surface area contributed by atoms with E-state index in [0.717, 1.165) is 12.8 Å². The van der Waals surface area contributed by atoms with Crippen LogP contribution in [0.15, 0.2) is 6.33 Å². The quantitative estimate of drug-likeness (QED) is 0.826. The second kappa shape index (κ2) is 7.43. The summed E-state index contributed by atoms with van der Waals surface area (Å²) in [5.74, 6) is 0. The summed E-state index contributed by atoms with van der Waals surface area (Å²) in [6, 6.07) is 6.51. The zero-order valence-corrected chi connectivity index (χ0v) is 12.7. The van der Waals surface area contributed by atoms with E-state index in [9.17, 15) is 5.26 Å². The lowest BCUT2D eigenvalue weighted by Crippen LogP contribution is -2.47. The van der Waals surface area contributed by atoms with Gasteiger partial charge in [-0.1, -0.05) is 6.92 Å². The molecule has 0 amide bonds. The van der Waals surface area contributed by atoms with Gasteiger partial charge in [-0.25, -0.2) is 4.98 Å². The largest absolute Gasteiger partial charge is 0.321 e. The van der Waals surface area contributed by atoms with Crippen molar-refractivity contribution in [2.24, 2.45) is 0 Å². The van der Waals surface area contributed by atoms with E-state index in [1.807, 2.05) is 32.9 Å². The van der Waals surface area contributed by atoms with Gasteiger partial charge in [0.05, 0.1) is 12.4 Å². The van der Waals surface area contributed by atoms with Crippen LogP contribution in [0.2, 0.25) is 0 Å². The van der Waals surface area contributed by atoms with Crippen molar-refractivity contribution in [2.75, 3.05) is 0 Å². The molecule has 6 heteroatoms. The maximum Gasteiger partial charge on any atom is 0.176 e. The second-order valence-corrected chi connectivity index (χ2v) is 5.31. The minimum absolute atomic E-state index is 0.153. The highest BCUT2D eigenvalue weighted by Gasteiger charge is 2.27. The zero-order chi connectivity index (χ0) is 15.9. The molecule has 1 atom stereocenters. The van der Waals surface area contributed by atoms with Crippen LogP contribution in [-0.4, -0.2) is 21.1 Å². The predicted octanol–water partition coefficient (Wildman–Crippen LogP) is 2.08. The van der Waals surface area contributed by atoms with Gasteiger partial charge in [0.25, 0.3) is 0 Å². The first kappa shape index (κ1) is 16.7. The molecule has 110 valence electrons. The van der Waals surface area contributed by atoms with E-state index in [1.54, 1.807) is 4.57 Å². The molecule has 1 aromatic heterocycles. The average molecular weight is 284 g/mol. The predicted molar refractivity (Wildman–Crippen MR) is 77.8 cm³/mol. The van der Waals surface area contributed by atoms with E-state index in [2.05, 4.69) is 16.4 Å². The normalized spacial score (nSPS) is 13.2. The van der Waals surface area contributed by atoms with Crippen LogP contribution in [0.25, 0.3) is 0 Å². The van der Waals surface area contributed by atoms with Crippen LogP contribution in [-0.2, 0) is 6.54 Å². The van der Waals surface area contributed by atoms with Gasteiger partial charge in [-0.2, -0.15) is 15.8 Å². The Labute approximate surface area is 125 Å². The van der Waals surface area contributed by atoms with E-state index in [4.69, 9.17) is 10.5 Å². The fourth-order valence-corrected chi connectivity index (χ4v) is 2.37. The second-order valence-electron chi connectivity index (χ2n) is 5.31. The Kier molecular flexibility index (Phi) is 5.91. The molecule has 6 nitrogen and oxygen atoms in total. The third kappa shape index (κ3) is 4.05. The van der Waals surface area contributed by atoms with Gasteiger partial charge in [-0.05, 0) is 33.1 Å². The molecule has 0 aliphatic carbocycles. The SMILES string of the molecule is CCC(C#N)(CCCn1cnc(C#N)c1C#N)NC(C)C. The Balaban J connectivity index is 2.72. The summed E-state index contributed by atoms with van der Waals surface area (Å²) in [5, 5.41) is 30.7. The van der Waals surface area contributed by atoms with Crippen molar-refractivity contribution >= 4 is 0 Å². The Hall–Kier alpha value is -2.36. The van der Waals surface area contributed by atoms with Gasteiger partial charge >= 0.3 is 0 Å². The number of nitrogens with one attached hydrogen (secondary N) is 1. The van der Waals surface area contributed by atoms with Crippen molar-refractivity contribution in [1.82, 2.24) is 14.9 Å². The smallest absolute Gasteiger partial charge is 0.176 e. The molecule has 1 N–H and O–H groups in total. The van der Waals surface area contributed by atoms with Crippen LogP contribution in [0.5, 0.6) is 0 Å². The number of nitriles is 3. The first-order valence-electron chi connectivity index (χ1n) is 7.06. The highest BCUT2D eigenvalue weighted by atomic mass is 15.1. The van der Waals surface area contributed by atoms with E-state index >= 15 is 0 Å². The summed E-state index contributed by atoms with van der Waals surface area (Å²) in [6.45, 7) is 6.60. The van der Waals surface area contributed by atoms with Crippen molar-refractivity contribution in [3.63, 3.8) is 0 Å². The van der Waals surface area contributed by atoms with Crippen molar-refractivity contribution < 1.29 is 0 Å². The minimum Gasteiger partial charge on any atom is -0.321 e. The highest BCUT2D eigenvalue weighted by Crippen LogP contribution is 2.19. The number of nitrogens with zero attached hydrogens (tertiary/aromatic N) is 5. The molecule has 0 aliphatic heterocycles. The summed E-state index contributed by atoms with van der Waals surface area (Å²) in [6.07, 6.45) is 3.65. The Morgan fingerprint density at radius 2 is 2.05 bits per heavy atom. The van der Waals surface area contributed by atoms with E-state index in [-0.39, 0.29) is 17.4 Å². The molecule has 1 heterocycles. The lowest BCUT2D eigenvalue weighted by Gasteiger charge is -2.29. The molecule has 0 bridgehead atoms. The van der Waals surface area contributed by atoms with Gasteiger partial charge in [0.15, 0.2) is 11.4 Å². The summed E-state index contributed by atoms with van der Waals surface area (Å²) in [5.41, 5.74) is -0.104. The molecule has 0 radical (unpaired) electrons. The highest BCUT2D eigenvalue weighted by molar-refractivity contribution is 5.35. The molecule has 0 aromatic carbocycles. The van der Waals surface area contributed by atoms with Crippen LogP contribution in [0.4, 0.5) is 0 Å². The molecule has 0 saturated heterocycles. The van der Waals surface area contributed by atoms with Gasteiger partial charge in [-0.15, -0.1) is 0 Å². The number of hydrogen-bond donors (Lipinski definition) is 1. The molecule has 0 spiro atoms. The summed E-state index contributed by atoms with van der Waals surface area (Å²) in [4.78, 5) is 3.91. The number of aryl methyl sites for hydroxylation is 1. The first-order valence-corrected chi connectivity index (χ1v) is 7.06. The molecular weight excluding hydrogens is 264 g/mol. The summed E-state index contributed by atoms with van der Waals surface area (Å²) >= 11 is 0. The fraction of sp³-hybridized carbons (Fsp3) is 0.600. The van der Waals surface area contributed by atoms with E-state index < -0.39 is 5.54 Å². The summed E-state index contributed by atoms with van der Waals surface area (Å²) < 4.78 is 1.67. The van der Waals surface area contributed by atoms with Crippen LogP contribution in [0, 0.1) is 34.0 Å². The van der Waals surface area contributed by atoms with Gasteiger partial charge in [-0.3, -0.25) is 5.32 Å². The maximum atomic E-state index is 9.44. The summed E-state index contributed by atoms with van der Waals surface area (Å²) in [7, 11) is 0. The topological polar surface area (TPSA) is 101 Å². The number of hydrogen-bond acceptors (Lipinski definition) is 5. The van der Waals surface area contributed by atoms with Crippen molar-refractivity contribution in [2.45, 2.75) is 58.2 Å². The Morgan fingerprint density at radius 1 is 1.33 bits per heavy atom. The molecule has 1 unspecified atom stereocenters. The molecule has 1 aromatic rings. The molecule has 0 saturated carbocycles. The maximum absolute atomic E-state index is 9.44. The Bertz CT molecular complexity index is 595. The van der Waals surface area contributed by atoms with Crippen molar-refractivity contribution in [3.05, 3.63) is 17.7 Å². The van der Waals surface area contributed by atoms with Crippen LogP contribution >= 0.6 is 0 Å². The number of aromatic nitrogens is 2. The third-order valence-electron chi connectivity index (χ3n) is 3.43. The standard InChI is InChI=1S/C15H20N6/c1-4-15(10-18,20-12(2)3)6-5-7-21-11-19-13(8-16)14(21)9-17/h11-12,20H,4-7H2,1-3H3. The molecule has 21 heavy (non-hydrogen) atoms. The van der Waals surface area contributed by atoms with Gasteiger partial charge in [0.2, 0.25) is 0 Å². The minimum atomic E-state index is -0.542. The fourth-order valence-electron chi connectivity index (χ4n) is 2.37. The van der Waals surface area contributed by atoms with Crippen LogP contribution in [0.3, 0.4) is 0 Å².